The van der Waals surface area contributed by atoms with E-state index >= 15 is 0 Å². The van der Waals surface area contributed by atoms with E-state index in [1.165, 1.54) is 0 Å². The summed E-state index contributed by atoms with van der Waals surface area (Å²) in [7, 11) is 0. The van der Waals surface area contributed by atoms with Crippen molar-refractivity contribution in [3.63, 3.8) is 0 Å². The van der Waals surface area contributed by atoms with Gasteiger partial charge in [-0.3, -0.25) is 0 Å². The van der Waals surface area contributed by atoms with Crippen molar-refractivity contribution in [2.45, 2.75) is 37.3 Å². The van der Waals surface area contributed by atoms with Crippen LogP contribution in [0.3, 0.4) is 0 Å². The molecule has 124 valence electrons. The van der Waals surface area contributed by atoms with Gasteiger partial charge in [0, 0.05) is 12.8 Å². The number of ether oxygens (including phenoxy) is 4. The Balaban J connectivity index is 2.92. The molecule has 0 aromatic rings. The number of hydrogen-bond acceptors (Lipinski definition) is 8. The van der Waals surface area contributed by atoms with Crippen molar-refractivity contribution in [2.24, 2.45) is 0 Å². The molecule has 1 aliphatic carbocycles. The Hall–Kier alpha value is -2.92. The molecule has 0 radical (unpaired) electrons. The zero-order valence-corrected chi connectivity index (χ0v) is 10.8. The molecule has 0 heterocycles. The lowest BCUT2D eigenvalue weighted by atomic mass is 9.89. The quantitative estimate of drug-likeness (QED) is 0.425. The molecule has 12 nitrogen and oxygen atoms in total. The third kappa shape index (κ3) is 5.22. The van der Waals surface area contributed by atoms with Crippen molar-refractivity contribution in [3.05, 3.63) is 0 Å². The van der Waals surface area contributed by atoms with Crippen LogP contribution in [0.4, 0.5) is 19.2 Å². The third-order valence-electron chi connectivity index (χ3n) is 2.77. The van der Waals surface area contributed by atoms with Crippen LogP contribution in [0.2, 0.25) is 0 Å². The van der Waals surface area contributed by atoms with Crippen molar-refractivity contribution in [1.82, 2.24) is 0 Å². The lowest BCUT2D eigenvalue weighted by Gasteiger charge is -2.37. The van der Waals surface area contributed by atoms with Crippen LogP contribution in [0.5, 0.6) is 0 Å². The van der Waals surface area contributed by atoms with E-state index in [9.17, 15) is 19.2 Å². The molecular formula is C10H12O12. The SMILES string of the molecule is O=C(O)OC1CC(OC(=O)O)C(OC(=O)O)CC1OC(=O)O. The van der Waals surface area contributed by atoms with Gasteiger partial charge in [-0.15, -0.1) is 0 Å². The summed E-state index contributed by atoms with van der Waals surface area (Å²) in [5.74, 6) is 0. The second-order valence-corrected chi connectivity index (χ2v) is 4.16. The van der Waals surface area contributed by atoms with Crippen molar-refractivity contribution in [1.29, 1.82) is 0 Å². The minimum atomic E-state index is -1.74. The van der Waals surface area contributed by atoms with Gasteiger partial charge in [-0.2, -0.15) is 0 Å². The van der Waals surface area contributed by atoms with Gasteiger partial charge < -0.3 is 39.4 Å². The van der Waals surface area contributed by atoms with Crippen LogP contribution < -0.4 is 0 Å². The highest BCUT2D eigenvalue weighted by Gasteiger charge is 2.45. The lowest BCUT2D eigenvalue weighted by molar-refractivity contribution is -0.134. The van der Waals surface area contributed by atoms with Crippen LogP contribution in [0.1, 0.15) is 12.8 Å². The Kier molecular flexibility index (Phi) is 5.60. The largest absolute Gasteiger partial charge is 0.506 e. The summed E-state index contributed by atoms with van der Waals surface area (Å²) in [5, 5.41) is 34.4. The van der Waals surface area contributed by atoms with Crippen LogP contribution in [0.15, 0.2) is 0 Å². The minimum absolute atomic E-state index is 0.464. The second kappa shape index (κ2) is 7.19. The summed E-state index contributed by atoms with van der Waals surface area (Å²) < 4.78 is 17.7. The Bertz CT molecular complexity index is 377. The van der Waals surface area contributed by atoms with Crippen molar-refractivity contribution >= 4 is 24.6 Å². The molecule has 0 aromatic carbocycles. The van der Waals surface area contributed by atoms with Crippen molar-refractivity contribution in [2.75, 3.05) is 0 Å². The summed E-state index contributed by atoms with van der Waals surface area (Å²) in [6.07, 6.45) is -13.4. The molecular weight excluding hydrogens is 312 g/mol. The molecule has 4 unspecified atom stereocenters. The highest BCUT2D eigenvalue weighted by molar-refractivity contribution is 5.60. The Morgan fingerprint density at radius 3 is 0.864 bits per heavy atom. The van der Waals surface area contributed by atoms with Crippen molar-refractivity contribution in [3.8, 4) is 0 Å². The first-order valence-electron chi connectivity index (χ1n) is 5.77. The molecule has 0 aromatic heterocycles. The number of carbonyl (C=O) groups is 4. The molecule has 4 atom stereocenters. The number of hydrogen-bond donors (Lipinski definition) is 4. The fourth-order valence-corrected chi connectivity index (χ4v) is 2.08. The zero-order valence-electron chi connectivity index (χ0n) is 10.8. The van der Waals surface area contributed by atoms with Crippen LogP contribution >= 0.6 is 0 Å². The molecule has 1 fully saturated rings. The summed E-state index contributed by atoms with van der Waals surface area (Å²) in [6.45, 7) is 0. The summed E-state index contributed by atoms with van der Waals surface area (Å²) in [6, 6.07) is 0. The van der Waals surface area contributed by atoms with E-state index in [-0.39, 0.29) is 0 Å². The van der Waals surface area contributed by atoms with E-state index in [0.717, 1.165) is 0 Å². The summed E-state index contributed by atoms with van der Waals surface area (Å²) in [5.41, 5.74) is 0. The fraction of sp³-hybridized carbons (Fsp3) is 0.600. The molecule has 0 spiro atoms. The molecule has 0 aliphatic heterocycles. The first-order valence-corrected chi connectivity index (χ1v) is 5.77. The monoisotopic (exact) mass is 324 g/mol. The van der Waals surface area contributed by atoms with E-state index in [2.05, 4.69) is 18.9 Å². The molecule has 0 amide bonds. The van der Waals surface area contributed by atoms with E-state index in [4.69, 9.17) is 20.4 Å². The van der Waals surface area contributed by atoms with Gasteiger partial charge in [0.1, 0.15) is 24.4 Å². The number of rotatable bonds is 4. The van der Waals surface area contributed by atoms with Gasteiger partial charge in [0.2, 0.25) is 0 Å². The predicted molar refractivity (Wildman–Crippen MR) is 60.8 cm³/mol. The maximum atomic E-state index is 10.6. The molecule has 22 heavy (non-hydrogen) atoms. The number of carboxylic acid groups (broad SMARTS) is 4. The molecule has 0 bridgehead atoms. The molecule has 1 saturated carbocycles. The topological polar surface area (TPSA) is 186 Å². The highest BCUT2D eigenvalue weighted by Crippen LogP contribution is 2.29. The van der Waals surface area contributed by atoms with E-state index in [0.29, 0.717) is 0 Å². The first kappa shape index (κ1) is 17.1. The predicted octanol–water partition coefficient (Wildman–Crippen LogP) is 1.03. The standard InChI is InChI=1S/C10H12O12/c11-7(12)19-3-1-4(20-8(13)14)6(22-10(17)18)2-5(3)21-9(15)16/h3-6H,1-2H2,(H,11,12)(H,13,14)(H,15,16)(H,17,18). The molecule has 12 heteroatoms. The smallest absolute Gasteiger partial charge is 0.450 e. The second-order valence-electron chi connectivity index (χ2n) is 4.16. The van der Waals surface area contributed by atoms with E-state index < -0.39 is 61.9 Å². The van der Waals surface area contributed by atoms with Gasteiger partial charge in [0.15, 0.2) is 0 Å². The van der Waals surface area contributed by atoms with E-state index in [1.54, 1.807) is 0 Å². The fourth-order valence-electron chi connectivity index (χ4n) is 2.08. The third-order valence-corrected chi connectivity index (χ3v) is 2.77. The van der Waals surface area contributed by atoms with Gasteiger partial charge in [-0.1, -0.05) is 0 Å². The maximum Gasteiger partial charge on any atom is 0.506 e. The molecule has 1 rings (SSSR count). The van der Waals surface area contributed by atoms with Crippen LogP contribution in [-0.2, 0) is 18.9 Å². The Morgan fingerprint density at radius 1 is 0.545 bits per heavy atom. The van der Waals surface area contributed by atoms with Crippen LogP contribution in [-0.4, -0.2) is 69.5 Å². The van der Waals surface area contributed by atoms with Gasteiger partial charge in [0.25, 0.3) is 0 Å². The average Bonchev–Trinajstić information content (AvgIpc) is 2.31. The van der Waals surface area contributed by atoms with Crippen LogP contribution in [0, 0.1) is 0 Å². The van der Waals surface area contributed by atoms with Crippen LogP contribution in [0.25, 0.3) is 0 Å². The molecule has 1 aliphatic rings. The van der Waals surface area contributed by atoms with Gasteiger partial charge in [0.05, 0.1) is 0 Å². The minimum Gasteiger partial charge on any atom is -0.450 e. The van der Waals surface area contributed by atoms with Gasteiger partial charge in [-0.05, 0) is 0 Å². The van der Waals surface area contributed by atoms with Crippen molar-refractivity contribution < 1.29 is 58.6 Å². The summed E-state index contributed by atoms with van der Waals surface area (Å²) >= 11 is 0. The normalized spacial score (nSPS) is 27.3. The maximum absolute atomic E-state index is 10.6. The van der Waals surface area contributed by atoms with Gasteiger partial charge in [-0.25, -0.2) is 19.2 Å². The highest BCUT2D eigenvalue weighted by atomic mass is 16.7. The van der Waals surface area contributed by atoms with Gasteiger partial charge >= 0.3 is 24.6 Å². The Morgan fingerprint density at radius 2 is 0.727 bits per heavy atom. The average molecular weight is 324 g/mol. The lowest BCUT2D eigenvalue weighted by Crippen LogP contribution is -2.51. The zero-order chi connectivity index (χ0) is 16.9. The molecule has 0 saturated heterocycles. The Labute approximate surface area is 121 Å². The molecule has 4 N–H and O–H groups in total. The first-order chi connectivity index (χ1) is 10.2. The summed E-state index contributed by atoms with van der Waals surface area (Å²) in [4.78, 5) is 42.3. The van der Waals surface area contributed by atoms with E-state index in [1.807, 2.05) is 0 Å².